The van der Waals surface area contributed by atoms with Gasteiger partial charge < -0.3 is 0 Å². The number of rotatable bonds is 16. The van der Waals surface area contributed by atoms with Crippen molar-refractivity contribution < 1.29 is 0 Å². The molecular formula is C46H54. The van der Waals surface area contributed by atoms with Gasteiger partial charge in [-0.2, -0.15) is 0 Å². The Labute approximate surface area is 279 Å². The van der Waals surface area contributed by atoms with Gasteiger partial charge in [0.25, 0.3) is 0 Å². The summed E-state index contributed by atoms with van der Waals surface area (Å²) in [7, 11) is 0. The Morgan fingerprint density at radius 1 is 0.304 bits per heavy atom. The molecule has 0 aliphatic carbocycles. The molecule has 0 fully saturated rings. The average Bonchev–Trinajstić information content (AvgIpc) is 3.13. The van der Waals surface area contributed by atoms with Crippen molar-refractivity contribution in [3.63, 3.8) is 0 Å². The van der Waals surface area contributed by atoms with Crippen LogP contribution in [0.15, 0.2) is 146 Å². The molecular weight excluding hydrogens is 553 g/mol. The minimum atomic E-state index is 0.463. The summed E-state index contributed by atoms with van der Waals surface area (Å²) in [6, 6.07) is 54.8. The molecule has 5 rings (SSSR count). The lowest BCUT2D eigenvalue weighted by molar-refractivity contribution is 0.406. The molecule has 238 valence electrons. The molecule has 0 heteroatoms. The van der Waals surface area contributed by atoms with E-state index in [0.717, 1.165) is 25.7 Å². The molecule has 0 spiro atoms. The van der Waals surface area contributed by atoms with Gasteiger partial charge in [0, 0.05) is 0 Å². The Morgan fingerprint density at radius 2 is 0.609 bits per heavy atom. The quantitative estimate of drug-likeness (QED) is 0.105. The average molecular weight is 607 g/mol. The Morgan fingerprint density at radius 3 is 0.957 bits per heavy atom. The number of benzene rings is 5. The highest BCUT2D eigenvalue weighted by molar-refractivity contribution is 5.30. The molecule has 0 aliphatic rings. The lowest BCUT2D eigenvalue weighted by Crippen LogP contribution is -2.15. The molecule has 0 aromatic heterocycles. The molecule has 6 atom stereocenters. The highest BCUT2D eigenvalue weighted by Crippen LogP contribution is 2.44. The van der Waals surface area contributed by atoms with Crippen molar-refractivity contribution in [2.75, 3.05) is 0 Å². The Kier molecular flexibility index (Phi) is 12.5. The lowest BCUT2D eigenvalue weighted by Gasteiger charge is -2.31. The van der Waals surface area contributed by atoms with Crippen molar-refractivity contribution in [3.8, 4) is 0 Å². The largest absolute Gasteiger partial charge is 0.0648 e. The van der Waals surface area contributed by atoms with Gasteiger partial charge in [0.2, 0.25) is 0 Å². The van der Waals surface area contributed by atoms with Gasteiger partial charge >= 0.3 is 0 Å². The van der Waals surface area contributed by atoms with E-state index in [-0.39, 0.29) is 0 Å². The van der Waals surface area contributed by atoms with E-state index in [2.05, 4.69) is 173 Å². The molecule has 5 aromatic rings. The molecule has 0 aliphatic heterocycles. The lowest BCUT2D eigenvalue weighted by atomic mass is 9.73. The monoisotopic (exact) mass is 606 g/mol. The predicted molar refractivity (Wildman–Crippen MR) is 199 cm³/mol. The van der Waals surface area contributed by atoms with Crippen molar-refractivity contribution in [2.24, 2.45) is 0 Å². The molecule has 0 saturated carbocycles. The molecule has 0 nitrogen and oxygen atoms in total. The van der Waals surface area contributed by atoms with Gasteiger partial charge in [0.15, 0.2) is 0 Å². The van der Waals surface area contributed by atoms with Crippen LogP contribution >= 0.6 is 0 Å². The fourth-order valence-electron chi connectivity index (χ4n) is 7.53. The zero-order valence-corrected chi connectivity index (χ0v) is 28.6. The Balaban J connectivity index is 1.45. The van der Waals surface area contributed by atoms with Crippen molar-refractivity contribution >= 4 is 0 Å². The third-order valence-electron chi connectivity index (χ3n) is 10.6. The summed E-state index contributed by atoms with van der Waals surface area (Å²) in [6.07, 6.45) is 6.95. The standard InChI is InChI=1S/C46H54/c1-5-35(3)38-27-29-39(30-28-38)36(4)31-44(41-21-13-8-14-22-41)33-46(43-25-17-10-18-26-43)34-45(42-23-15-9-16-24-42)32-37(6-2)40-19-11-7-12-20-40/h7-30,35-37,44-46H,5-6,31-34H2,1-4H3. The van der Waals surface area contributed by atoms with Crippen LogP contribution in [0.25, 0.3) is 0 Å². The van der Waals surface area contributed by atoms with Gasteiger partial charge in [-0.15, -0.1) is 0 Å². The summed E-state index contributed by atoms with van der Waals surface area (Å²) in [4.78, 5) is 0. The normalized spacial score (nSPS) is 15.4. The van der Waals surface area contributed by atoms with Crippen molar-refractivity contribution in [1.29, 1.82) is 0 Å². The highest BCUT2D eigenvalue weighted by Gasteiger charge is 2.27. The smallest absolute Gasteiger partial charge is 0.0150 e. The molecule has 0 radical (unpaired) electrons. The third-order valence-corrected chi connectivity index (χ3v) is 10.6. The van der Waals surface area contributed by atoms with E-state index < -0.39 is 0 Å². The maximum absolute atomic E-state index is 2.43. The predicted octanol–water partition coefficient (Wildman–Crippen LogP) is 13.4. The van der Waals surface area contributed by atoms with Gasteiger partial charge in [-0.1, -0.05) is 173 Å². The molecule has 0 bridgehead atoms. The summed E-state index contributed by atoms with van der Waals surface area (Å²) < 4.78 is 0. The summed E-state index contributed by atoms with van der Waals surface area (Å²) in [5, 5.41) is 0. The molecule has 0 heterocycles. The van der Waals surface area contributed by atoms with E-state index in [4.69, 9.17) is 0 Å². The molecule has 5 aromatic carbocycles. The second-order valence-corrected chi connectivity index (χ2v) is 13.7. The number of hydrogen-bond acceptors (Lipinski definition) is 0. The van der Waals surface area contributed by atoms with E-state index >= 15 is 0 Å². The first-order chi connectivity index (χ1) is 22.6. The third kappa shape index (κ3) is 9.10. The minimum Gasteiger partial charge on any atom is -0.0648 e. The summed E-state index contributed by atoms with van der Waals surface area (Å²) in [6.45, 7) is 9.40. The van der Waals surface area contributed by atoms with Crippen molar-refractivity contribution in [2.45, 2.75) is 102 Å². The Bertz CT molecular complexity index is 1520. The van der Waals surface area contributed by atoms with E-state index in [9.17, 15) is 0 Å². The molecule has 6 unspecified atom stereocenters. The van der Waals surface area contributed by atoms with Crippen LogP contribution in [-0.2, 0) is 0 Å². The maximum Gasteiger partial charge on any atom is -0.0150 e. The van der Waals surface area contributed by atoms with Crippen molar-refractivity contribution in [1.82, 2.24) is 0 Å². The van der Waals surface area contributed by atoms with Crippen LogP contribution in [0.4, 0.5) is 0 Å². The first kappa shape index (κ1) is 33.5. The fourth-order valence-corrected chi connectivity index (χ4v) is 7.53. The highest BCUT2D eigenvalue weighted by atomic mass is 14.3. The SMILES string of the molecule is CCC(C)c1ccc(C(C)CC(CC(CC(CC(CC)c2ccccc2)c2ccccc2)c2ccccc2)c2ccccc2)cc1. The van der Waals surface area contributed by atoms with Gasteiger partial charge in [-0.05, 0) is 107 Å². The van der Waals surface area contributed by atoms with E-state index in [1.165, 1.54) is 46.2 Å². The molecule has 0 amide bonds. The summed E-state index contributed by atoms with van der Waals surface area (Å²) >= 11 is 0. The first-order valence-electron chi connectivity index (χ1n) is 17.8. The van der Waals surface area contributed by atoms with Crippen LogP contribution in [0, 0.1) is 0 Å². The molecule has 46 heavy (non-hydrogen) atoms. The van der Waals surface area contributed by atoms with Gasteiger partial charge in [0.1, 0.15) is 0 Å². The second-order valence-electron chi connectivity index (χ2n) is 13.7. The van der Waals surface area contributed by atoms with Crippen LogP contribution in [-0.4, -0.2) is 0 Å². The van der Waals surface area contributed by atoms with Gasteiger partial charge in [-0.25, -0.2) is 0 Å². The van der Waals surface area contributed by atoms with E-state index in [0.29, 0.717) is 35.5 Å². The van der Waals surface area contributed by atoms with Crippen LogP contribution in [0.1, 0.15) is 135 Å². The molecule has 0 N–H and O–H groups in total. The van der Waals surface area contributed by atoms with E-state index in [1.807, 2.05) is 0 Å². The first-order valence-corrected chi connectivity index (χ1v) is 17.8. The number of hydrogen-bond donors (Lipinski definition) is 0. The van der Waals surface area contributed by atoms with Crippen LogP contribution in [0.3, 0.4) is 0 Å². The van der Waals surface area contributed by atoms with Crippen molar-refractivity contribution in [3.05, 3.63) is 179 Å². The molecule has 0 saturated heterocycles. The topological polar surface area (TPSA) is 0 Å². The van der Waals surface area contributed by atoms with E-state index in [1.54, 1.807) is 0 Å². The van der Waals surface area contributed by atoms with Crippen LogP contribution in [0.5, 0.6) is 0 Å². The summed E-state index contributed by atoms with van der Waals surface area (Å²) in [5.41, 5.74) is 8.80. The van der Waals surface area contributed by atoms with Crippen LogP contribution in [0.2, 0.25) is 0 Å². The van der Waals surface area contributed by atoms with Crippen LogP contribution < -0.4 is 0 Å². The Hall–Kier alpha value is -3.90. The zero-order valence-electron chi connectivity index (χ0n) is 28.6. The second kappa shape index (κ2) is 17.1. The fraction of sp³-hybridized carbons (Fsp3) is 0.348. The summed E-state index contributed by atoms with van der Waals surface area (Å²) in [5.74, 6) is 3.07. The minimum absolute atomic E-state index is 0.463. The van der Waals surface area contributed by atoms with Gasteiger partial charge in [-0.3, -0.25) is 0 Å². The maximum atomic E-state index is 2.43. The van der Waals surface area contributed by atoms with Gasteiger partial charge in [0.05, 0.1) is 0 Å². The zero-order chi connectivity index (χ0) is 32.1.